The van der Waals surface area contributed by atoms with Crippen LogP contribution in [0, 0.1) is 0 Å². The van der Waals surface area contributed by atoms with E-state index in [9.17, 15) is 9.59 Å². The van der Waals surface area contributed by atoms with Gasteiger partial charge in [-0.15, -0.1) is 0 Å². The van der Waals surface area contributed by atoms with Crippen molar-refractivity contribution in [3.05, 3.63) is 28.2 Å². The number of nitrogens with zero attached hydrogens (tertiary/aromatic N) is 1. The molecule has 120 valence electrons. The van der Waals surface area contributed by atoms with Crippen LogP contribution in [0.1, 0.15) is 39.0 Å². The van der Waals surface area contributed by atoms with Crippen LogP contribution in [0.15, 0.2) is 18.2 Å². The molecule has 0 radical (unpaired) electrons. The zero-order valence-electron chi connectivity index (χ0n) is 12.6. The minimum Gasteiger partial charge on any atom is -0.352 e. The Labute approximate surface area is 140 Å². The van der Waals surface area contributed by atoms with E-state index in [0.717, 1.165) is 25.7 Å². The molecule has 1 fully saturated rings. The number of nitrogens with one attached hydrogen (secondary N) is 1. The number of anilines is 1. The third-order valence-corrected chi connectivity index (χ3v) is 4.39. The van der Waals surface area contributed by atoms with Crippen molar-refractivity contribution in [1.82, 2.24) is 5.32 Å². The summed E-state index contributed by atoms with van der Waals surface area (Å²) in [6.07, 6.45) is 5.53. The Morgan fingerprint density at radius 2 is 1.91 bits per heavy atom. The molecule has 1 saturated carbocycles. The maximum Gasteiger partial charge on any atom is 0.240 e. The van der Waals surface area contributed by atoms with Crippen LogP contribution in [0.25, 0.3) is 0 Å². The number of amides is 2. The first-order chi connectivity index (χ1) is 10.5. The fourth-order valence-electron chi connectivity index (χ4n) is 2.73. The molecule has 0 atom stereocenters. The van der Waals surface area contributed by atoms with Crippen molar-refractivity contribution >= 4 is 40.7 Å². The lowest BCUT2D eigenvalue weighted by Gasteiger charge is -2.26. The minimum absolute atomic E-state index is 0.0345. The third-order valence-electron chi connectivity index (χ3n) is 3.85. The van der Waals surface area contributed by atoms with E-state index in [-0.39, 0.29) is 24.4 Å². The molecule has 22 heavy (non-hydrogen) atoms. The normalized spacial score (nSPS) is 15.4. The molecule has 0 unspecified atom stereocenters. The summed E-state index contributed by atoms with van der Waals surface area (Å²) in [6, 6.07) is 5.08. The Balaban J connectivity index is 2.05. The second-order valence-corrected chi connectivity index (χ2v) is 6.45. The molecule has 0 aromatic heterocycles. The number of rotatable bonds is 4. The fourth-order valence-corrected chi connectivity index (χ4v) is 3.24. The van der Waals surface area contributed by atoms with Crippen LogP contribution in [0.3, 0.4) is 0 Å². The Hall–Kier alpha value is -1.26. The van der Waals surface area contributed by atoms with Crippen molar-refractivity contribution in [1.29, 1.82) is 0 Å². The van der Waals surface area contributed by atoms with Gasteiger partial charge in [0.2, 0.25) is 11.8 Å². The van der Waals surface area contributed by atoms with Gasteiger partial charge in [-0.1, -0.05) is 42.5 Å². The topological polar surface area (TPSA) is 49.4 Å². The predicted molar refractivity (Wildman–Crippen MR) is 89.5 cm³/mol. The van der Waals surface area contributed by atoms with Gasteiger partial charge in [0, 0.05) is 18.0 Å². The monoisotopic (exact) mass is 342 g/mol. The molecule has 1 aliphatic carbocycles. The molecule has 1 N–H and O–H groups in total. The summed E-state index contributed by atoms with van der Waals surface area (Å²) in [5.74, 6) is -0.392. The number of carbonyl (C=O) groups is 2. The second kappa shape index (κ2) is 7.84. The molecule has 0 bridgehead atoms. The molecule has 1 aromatic carbocycles. The highest BCUT2D eigenvalue weighted by Gasteiger charge is 2.21. The van der Waals surface area contributed by atoms with Crippen LogP contribution in [0.4, 0.5) is 5.69 Å². The van der Waals surface area contributed by atoms with Crippen molar-refractivity contribution in [2.75, 3.05) is 11.4 Å². The van der Waals surface area contributed by atoms with E-state index in [1.165, 1.54) is 18.2 Å². The van der Waals surface area contributed by atoms with Crippen LogP contribution < -0.4 is 10.2 Å². The molecule has 6 heteroatoms. The van der Waals surface area contributed by atoms with Gasteiger partial charge in [-0.05, 0) is 31.0 Å². The van der Waals surface area contributed by atoms with Gasteiger partial charge in [0.05, 0.1) is 10.7 Å². The first-order valence-electron chi connectivity index (χ1n) is 7.50. The van der Waals surface area contributed by atoms with Crippen LogP contribution >= 0.6 is 23.2 Å². The standard InChI is InChI=1S/C16H20Cl2N2O2/c1-11(21)20(15-8-7-12(17)9-14(15)18)10-16(22)19-13-5-3-2-4-6-13/h7-9,13H,2-6,10H2,1H3,(H,19,22). The molecule has 0 aliphatic heterocycles. The smallest absolute Gasteiger partial charge is 0.240 e. The van der Waals surface area contributed by atoms with Gasteiger partial charge in [0.15, 0.2) is 0 Å². The van der Waals surface area contributed by atoms with Gasteiger partial charge in [0.1, 0.15) is 6.54 Å². The quantitative estimate of drug-likeness (QED) is 0.904. The number of benzene rings is 1. The molecule has 0 heterocycles. The van der Waals surface area contributed by atoms with E-state index < -0.39 is 0 Å². The molecule has 4 nitrogen and oxygen atoms in total. The van der Waals surface area contributed by atoms with Crippen LogP contribution in [-0.2, 0) is 9.59 Å². The SMILES string of the molecule is CC(=O)N(CC(=O)NC1CCCCC1)c1ccc(Cl)cc1Cl. The lowest BCUT2D eigenvalue weighted by atomic mass is 9.95. The fraction of sp³-hybridized carbons (Fsp3) is 0.500. The van der Waals surface area contributed by atoms with E-state index in [1.807, 2.05) is 0 Å². The zero-order chi connectivity index (χ0) is 16.1. The van der Waals surface area contributed by atoms with Crippen molar-refractivity contribution < 1.29 is 9.59 Å². The molecule has 2 rings (SSSR count). The summed E-state index contributed by atoms with van der Waals surface area (Å²) in [5.41, 5.74) is 0.498. The highest BCUT2D eigenvalue weighted by molar-refractivity contribution is 6.36. The summed E-state index contributed by atoms with van der Waals surface area (Å²) in [7, 11) is 0. The average molecular weight is 343 g/mol. The Morgan fingerprint density at radius 3 is 2.50 bits per heavy atom. The highest BCUT2D eigenvalue weighted by Crippen LogP contribution is 2.29. The summed E-state index contributed by atoms with van der Waals surface area (Å²) in [5, 5.41) is 3.85. The van der Waals surface area contributed by atoms with E-state index >= 15 is 0 Å². The number of hydrogen-bond acceptors (Lipinski definition) is 2. The molecular formula is C16H20Cl2N2O2. The largest absolute Gasteiger partial charge is 0.352 e. The zero-order valence-corrected chi connectivity index (χ0v) is 14.1. The molecule has 1 aliphatic rings. The van der Waals surface area contributed by atoms with Gasteiger partial charge >= 0.3 is 0 Å². The Kier molecular flexibility index (Phi) is 6.09. The number of carbonyl (C=O) groups excluding carboxylic acids is 2. The maximum absolute atomic E-state index is 12.2. The summed E-state index contributed by atoms with van der Waals surface area (Å²) in [6.45, 7) is 1.38. The van der Waals surface area contributed by atoms with E-state index in [0.29, 0.717) is 15.7 Å². The summed E-state index contributed by atoms with van der Waals surface area (Å²) < 4.78 is 0. The molecule has 0 saturated heterocycles. The maximum atomic E-state index is 12.2. The third kappa shape index (κ3) is 4.62. The van der Waals surface area contributed by atoms with Crippen molar-refractivity contribution in [2.24, 2.45) is 0 Å². The van der Waals surface area contributed by atoms with Crippen molar-refractivity contribution in [3.63, 3.8) is 0 Å². The van der Waals surface area contributed by atoms with Gasteiger partial charge in [-0.25, -0.2) is 0 Å². The first-order valence-corrected chi connectivity index (χ1v) is 8.25. The van der Waals surface area contributed by atoms with Gasteiger partial charge in [-0.3, -0.25) is 9.59 Å². The highest BCUT2D eigenvalue weighted by atomic mass is 35.5. The second-order valence-electron chi connectivity index (χ2n) is 5.60. The van der Waals surface area contributed by atoms with Crippen LogP contribution in [-0.4, -0.2) is 24.4 Å². The van der Waals surface area contributed by atoms with E-state index in [1.54, 1.807) is 18.2 Å². The first kappa shape index (κ1) is 17.1. The van der Waals surface area contributed by atoms with E-state index in [4.69, 9.17) is 23.2 Å². The molecule has 2 amide bonds. The number of hydrogen-bond donors (Lipinski definition) is 1. The Morgan fingerprint density at radius 1 is 1.23 bits per heavy atom. The van der Waals surface area contributed by atoms with Crippen LogP contribution in [0.5, 0.6) is 0 Å². The predicted octanol–water partition coefficient (Wildman–Crippen LogP) is 3.80. The molecular weight excluding hydrogens is 323 g/mol. The lowest BCUT2D eigenvalue weighted by molar-refractivity contribution is -0.123. The van der Waals surface area contributed by atoms with Crippen molar-refractivity contribution in [2.45, 2.75) is 45.1 Å². The average Bonchev–Trinajstić information content (AvgIpc) is 2.46. The molecule has 0 spiro atoms. The summed E-state index contributed by atoms with van der Waals surface area (Å²) >= 11 is 12.0. The van der Waals surface area contributed by atoms with Gasteiger partial charge in [-0.2, -0.15) is 0 Å². The van der Waals surface area contributed by atoms with Crippen LogP contribution in [0.2, 0.25) is 10.0 Å². The Bertz CT molecular complexity index is 557. The van der Waals surface area contributed by atoms with Gasteiger partial charge < -0.3 is 10.2 Å². The summed E-state index contributed by atoms with van der Waals surface area (Å²) in [4.78, 5) is 25.4. The number of halogens is 2. The van der Waals surface area contributed by atoms with E-state index in [2.05, 4.69) is 5.32 Å². The lowest BCUT2D eigenvalue weighted by Crippen LogP contribution is -2.44. The molecule has 1 aromatic rings. The minimum atomic E-state index is -0.233. The van der Waals surface area contributed by atoms with Crippen molar-refractivity contribution in [3.8, 4) is 0 Å². The van der Waals surface area contributed by atoms with Gasteiger partial charge in [0.25, 0.3) is 0 Å².